The SMILES string of the molecule is CO[C@@H]1CC(c2ncc[nH]2)N(CCc2ccc(C)cc2)C1. The summed E-state index contributed by atoms with van der Waals surface area (Å²) in [5.74, 6) is 1.05. The summed E-state index contributed by atoms with van der Waals surface area (Å²) in [5.41, 5.74) is 2.70. The van der Waals surface area contributed by atoms with Crippen LogP contribution < -0.4 is 0 Å². The topological polar surface area (TPSA) is 41.1 Å². The van der Waals surface area contributed by atoms with Crippen LogP contribution in [-0.4, -0.2) is 41.2 Å². The smallest absolute Gasteiger partial charge is 0.123 e. The van der Waals surface area contributed by atoms with Crippen LogP contribution in [0.4, 0.5) is 0 Å². The quantitative estimate of drug-likeness (QED) is 0.918. The van der Waals surface area contributed by atoms with Crippen molar-refractivity contribution < 1.29 is 4.74 Å². The highest BCUT2D eigenvalue weighted by Gasteiger charge is 2.34. The molecule has 1 unspecified atom stereocenters. The number of nitrogens with one attached hydrogen (secondary N) is 1. The molecule has 3 rings (SSSR count). The van der Waals surface area contributed by atoms with E-state index in [1.54, 1.807) is 7.11 Å². The molecular weight excluding hydrogens is 262 g/mol. The molecule has 1 fully saturated rings. The Balaban J connectivity index is 1.66. The van der Waals surface area contributed by atoms with Gasteiger partial charge < -0.3 is 9.72 Å². The van der Waals surface area contributed by atoms with Crippen LogP contribution in [0.2, 0.25) is 0 Å². The molecule has 21 heavy (non-hydrogen) atoms. The van der Waals surface area contributed by atoms with Gasteiger partial charge in [0.1, 0.15) is 5.82 Å². The third-order valence-electron chi connectivity index (χ3n) is 4.34. The summed E-state index contributed by atoms with van der Waals surface area (Å²) < 4.78 is 5.55. The van der Waals surface area contributed by atoms with Crippen molar-refractivity contribution in [2.75, 3.05) is 20.2 Å². The number of aromatic nitrogens is 2. The number of likely N-dealkylation sites (tertiary alicyclic amines) is 1. The van der Waals surface area contributed by atoms with E-state index in [9.17, 15) is 0 Å². The molecule has 1 N–H and O–H groups in total. The van der Waals surface area contributed by atoms with E-state index >= 15 is 0 Å². The van der Waals surface area contributed by atoms with Crippen molar-refractivity contribution in [2.24, 2.45) is 0 Å². The summed E-state index contributed by atoms with van der Waals surface area (Å²) in [4.78, 5) is 10.2. The highest BCUT2D eigenvalue weighted by Crippen LogP contribution is 2.31. The third kappa shape index (κ3) is 3.34. The van der Waals surface area contributed by atoms with Crippen LogP contribution in [0.1, 0.15) is 29.4 Å². The van der Waals surface area contributed by atoms with Gasteiger partial charge in [-0.25, -0.2) is 4.98 Å². The molecule has 1 saturated heterocycles. The largest absolute Gasteiger partial charge is 0.380 e. The summed E-state index contributed by atoms with van der Waals surface area (Å²) in [6.07, 6.45) is 6.10. The average Bonchev–Trinajstić information content (AvgIpc) is 3.15. The monoisotopic (exact) mass is 285 g/mol. The number of rotatable bonds is 5. The van der Waals surface area contributed by atoms with Crippen molar-refractivity contribution in [3.05, 3.63) is 53.6 Å². The lowest BCUT2D eigenvalue weighted by molar-refractivity contribution is 0.108. The van der Waals surface area contributed by atoms with Gasteiger partial charge in [-0.05, 0) is 25.3 Å². The molecule has 1 aromatic heterocycles. The maximum Gasteiger partial charge on any atom is 0.123 e. The highest BCUT2D eigenvalue weighted by molar-refractivity contribution is 5.21. The van der Waals surface area contributed by atoms with Crippen molar-refractivity contribution in [3.8, 4) is 0 Å². The van der Waals surface area contributed by atoms with Crippen LogP contribution in [0.5, 0.6) is 0 Å². The molecule has 2 atom stereocenters. The molecule has 2 aromatic rings. The summed E-state index contributed by atoms with van der Waals surface area (Å²) in [6.45, 7) is 4.14. The first-order chi connectivity index (χ1) is 10.3. The summed E-state index contributed by atoms with van der Waals surface area (Å²) in [6, 6.07) is 9.15. The zero-order valence-corrected chi connectivity index (χ0v) is 12.7. The fraction of sp³-hybridized carbons (Fsp3) is 0.471. The molecule has 0 saturated carbocycles. The van der Waals surface area contributed by atoms with Gasteiger partial charge in [-0.1, -0.05) is 29.8 Å². The molecule has 0 radical (unpaired) electrons. The predicted octanol–water partition coefficient (Wildman–Crippen LogP) is 2.72. The second kappa shape index (κ2) is 6.41. The van der Waals surface area contributed by atoms with Crippen LogP contribution in [-0.2, 0) is 11.2 Å². The fourth-order valence-corrected chi connectivity index (χ4v) is 3.05. The molecule has 1 aromatic carbocycles. The van der Waals surface area contributed by atoms with Crippen molar-refractivity contribution in [3.63, 3.8) is 0 Å². The third-order valence-corrected chi connectivity index (χ3v) is 4.34. The number of hydrogen-bond acceptors (Lipinski definition) is 3. The minimum atomic E-state index is 0.304. The molecule has 0 amide bonds. The summed E-state index contributed by atoms with van der Waals surface area (Å²) in [5, 5.41) is 0. The van der Waals surface area contributed by atoms with E-state index in [1.807, 2.05) is 12.4 Å². The Kier molecular flexibility index (Phi) is 4.36. The van der Waals surface area contributed by atoms with E-state index in [0.29, 0.717) is 12.1 Å². The molecule has 4 nitrogen and oxygen atoms in total. The first-order valence-corrected chi connectivity index (χ1v) is 7.58. The molecule has 1 aliphatic rings. The van der Waals surface area contributed by atoms with E-state index < -0.39 is 0 Å². The van der Waals surface area contributed by atoms with Gasteiger partial charge in [-0.3, -0.25) is 4.90 Å². The van der Waals surface area contributed by atoms with Crippen LogP contribution in [0.3, 0.4) is 0 Å². The van der Waals surface area contributed by atoms with E-state index in [1.165, 1.54) is 11.1 Å². The maximum absolute atomic E-state index is 5.55. The minimum absolute atomic E-state index is 0.304. The Morgan fingerprint density at radius 3 is 2.81 bits per heavy atom. The van der Waals surface area contributed by atoms with Gasteiger partial charge >= 0.3 is 0 Å². The predicted molar refractivity (Wildman–Crippen MR) is 83.2 cm³/mol. The molecule has 4 heteroatoms. The minimum Gasteiger partial charge on any atom is -0.380 e. The van der Waals surface area contributed by atoms with Gasteiger partial charge in [0.2, 0.25) is 0 Å². The number of imidazole rings is 1. The summed E-state index contributed by atoms with van der Waals surface area (Å²) in [7, 11) is 1.80. The number of H-pyrrole nitrogens is 1. The van der Waals surface area contributed by atoms with Crippen LogP contribution in [0.15, 0.2) is 36.7 Å². The Labute approximate surface area is 126 Å². The first kappa shape index (κ1) is 14.3. The lowest BCUT2D eigenvalue weighted by Gasteiger charge is -2.22. The van der Waals surface area contributed by atoms with Crippen LogP contribution in [0, 0.1) is 6.92 Å². The van der Waals surface area contributed by atoms with Crippen LogP contribution >= 0.6 is 0 Å². The number of aryl methyl sites for hydroxylation is 1. The zero-order chi connectivity index (χ0) is 14.7. The van der Waals surface area contributed by atoms with E-state index in [2.05, 4.69) is 46.1 Å². The van der Waals surface area contributed by atoms with Crippen molar-refractivity contribution in [2.45, 2.75) is 31.9 Å². The Bertz CT molecular complexity index is 550. The molecule has 0 spiro atoms. The standard InChI is InChI=1S/C17H23N3O/c1-13-3-5-14(6-4-13)7-10-20-12-15(21-2)11-16(20)17-18-8-9-19-17/h3-6,8-9,15-16H,7,10-12H2,1-2H3,(H,18,19)/t15-,16?/m1/s1. The Hall–Kier alpha value is -1.65. The molecule has 1 aliphatic heterocycles. The number of ether oxygens (including phenoxy) is 1. The van der Waals surface area contributed by atoms with Gasteiger partial charge in [-0.15, -0.1) is 0 Å². The molecule has 0 aliphatic carbocycles. The van der Waals surface area contributed by atoms with Crippen molar-refractivity contribution in [1.29, 1.82) is 0 Å². The number of nitrogens with zero attached hydrogens (tertiary/aromatic N) is 2. The lowest BCUT2D eigenvalue weighted by atomic mass is 10.1. The number of benzene rings is 1. The van der Waals surface area contributed by atoms with E-state index in [0.717, 1.165) is 31.8 Å². The first-order valence-electron chi connectivity index (χ1n) is 7.58. The number of hydrogen-bond donors (Lipinski definition) is 1. The van der Waals surface area contributed by atoms with Crippen LogP contribution in [0.25, 0.3) is 0 Å². The Morgan fingerprint density at radius 2 is 2.14 bits per heavy atom. The molecule has 112 valence electrons. The van der Waals surface area contributed by atoms with E-state index in [4.69, 9.17) is 4.74 Å². The average molecular weight is 285 g/mol. The molecular formula is C17H23N3O. The number of methoxy groups -OCH3 is 1. The fourth-order valence-electron chi connectivity index (χ4n) is 3.05. The van der Waals surface area contributed by atoms with Crippen molar-refractivity contribution in [1.82, 2.24) is 14.9 Å². The maximum atomic E-state index is 5.55. The molecule has 2 heterocycles. The lowest BCUT2D eigenvalue weighted by Crippen LogP contribution is -2.28. The second-order valence-electron chi connectivity index (χ2n) is 5.81. The normalized spacial score (nSPS) is 22.8. The van der Waals surface area contributed by atoms with Gasteiger partial charge in [0, 0.05) is 32.6 Å². The van der Waals surface area contributed by atoms with Gasteiger partial charge in [0.15, 0.2) is 0 Å². The second-order valence-corrected chi connectivity index (χ2v) is 5.81. The number of aromatic amines is 1. The van der Waals surface area contributed by atoms with Crippen molar-refractivity contribution >= 4 is 0 Å². The zero-order valence-electron chi connectivity index (χ0n) is 12.7. The summed E-state index contributed by atoms with van der Waals surface area (Å²) >= 11 is 0. The van der Waals surface area contributed by atoms with Gasteiger partial charge in [0.05, 0.1) is 12.1 Å². The van der Waals surface area contributed by atoms with Gasteiger partial charge in [0.25, 0.3) is 0 Å². The Morgan fingerprint density at radius 1 is 1.33 bits per heavy atom. The van der Waals surface area contributed by atoms with Gasteiger partial charge in [-0.2, -0.15) is 0 Å². The molecule has 0 bridgehead atoms. The van der Waals surface area contributed by atoms with E-state index in [-0.39, 0.29) is 0 Å². The highest BCUT2D eigenvalue weighted by atomic mass is 16.5.